The van der Waals surface area contributed by atoms with Gasteiger partial charge in [-0.2, -0.15) is 0 Å². The molecule has 5 nitrogen and oxygen atoms in total. The summed E-state index contributed by atoms with van der Waals surface area (Å²) in [4.78, 5) is 13.7. The van der Waals surface area contributed by atoms with Gasteiger partial charge in [-0.25, -0.2) is 4.57 Å². The third-order valence-electron chi connectivity index (χ3n) is 1.76. The van der Waals surface area contributed by atoms with Gasteiger partial charge in [0.25, 0.3) is 0 Å². The highest BCUT2D eigenvalue weighted by atomic mass is 16.6. The molecule has 0 aliphatic heterocycles. The highest BCUT2D eigenvalue weighted by Crippen LogP contribution is 2.12. The largest absolute Gasteiger partial charge is 0.434 e. The van der Waals surface area contributed by atoms with Crippen LogP contribution in [-0.4, -0.2) is 14.5 Å². The molecule has 1 heterocycles. The van der Waals surface area contributed by atoms with Gasteiger partial charge in [-0.05, 0) is 11.8 Å². The number of aromatic nitrogens is 2. The molecule has 0 spiro atoms. The SMILES string of the molecule is CCc1cnc([N+](=O)[O-])n1CC. The number of rotatable bonds is 3. The molecule has 0 amide bonds. The van der Waals surface area contributed by atoms with E-state index in [1.54, 1.807) is 10.8 Å². The minimum absolute atomic E-state index is 0.0608. The molecule has 0 radical (unpaired) electrons. The Labute approximate surface area is 70.2 Å². The van der Waals surface area contributed by atoms with Crippen LogP contribution in [0.1, 0.15) is 19.5 Å². The van der Waals surface area contributed by atoms with Crippen molar-refractivity contribution in [2.45, 2.75) is 26.8 Å². The Hall–Kier alpha value is -1.39. The number of nitrogens with zero attached hydrogens (tertiary/aromatic N) is 3. The Morgan fingerprint density at radius 2 is 2.33 bits per heavy atom. The number of hydrogen-bond donors (Lipinski definition) is 0. The number of aryl methyl sites for hydroxylation is 1. The molecule has 0 saturated carbocycles. The molecule has 0 aliphatic carbocycles. The zero-order valence-electron chi connectivity index (χ0n) is 7.15. The van der Waals surface area contributed by atoms with Crippen LogP contribution in [-0.2, 0) is 13.0 Å². The molecule has 66 valence electrons. The minimum atomic E-state index is -0.456. The number of hydrogen-bond acceptors (Lipinski definition) is 3. The predicted octanol–water partition coefficient (Wildman–Crippen LogP) is 1.37. The first-order valence-corrected chi connectivity index (χ1v) is 3.89. The van der Waals surface area contributed by atoms with Crippen LogP contribution in [0.25, 0.3) is 0 Å². The zero-order chi connectivity index (χ0) is 9.14. The van der Waals surface area contributed by atoms with E-state index in [0.717, 1.165) is 12.1 Å². The molecule has 5 heteroatoms. The second-order valence-corrected chi connectivity index (χ2v) is 2.40. The van der Waals surface area contributed by atoms with E-state index >= 15 is 0 Å². The van der Waals surface area contributed by atoms with E-state index in [-0.39, 0.29) is 5.95 Å². The van der Waals surface area contributed by atoms with Crippen molar-refractivity contribution in [3.63, 3.8) is 0 Å². The Morgan fingerprint density at radius 3 is 2.75 bits per heavy atom. The van der Waals surface area contributed by atoms with Gasteiger partial charge in [0.1, 0.15) is 11.9 Å². The van der Waals surface area contributed by atoms with E-state index in [4.69, 9.17) is 0 Å². The second kappa shape index (κ2) is 3.34. The van der Waals surface area contributed by atoms with Crippen LogP contribution in [0.15, 0.2) is 6.20 Å². The van der Waals surface area contributed by atoms with Crippen molar-refractivity contribution in [2.24, 2.45) is 0 Å². The topological polar surface area (TPSA) is 61.0 Å². The third kappa shape index (κ3) is 1.30. The molecule has 0 unspecified atom stereocenters. The predicted molar refractivity (Wildman–Crippen MR) is 43.9 cm³/mol. The quantitative estimate of drug-likeness (QED) is 0.507. The summed E-state index contributed by atoms with van der Waals surface area (Å²) in [6, 6.07) is 0. The number of imidazole rings is 1. The van der Waals surface area contributed by atoms with E-state index in [9.17, 15) is 10.1 Å². The normalized spacial score (nSPS) is 10.2. The van der Waals surface area contributed by atoms with Gasteiger partial charge in [-0.1, -0.05) is 11.9 Å². The average Bonchev–Trinajstić information content (AvgIpc) is 2.46. The molecule has 0 aromatic carbocycles. The molecule has 0 atom stereocenters. The molecule has 1 aromatic rings. The Kier molecular flexibility index (Phi) is 2.42. The lowest BCUT2D eigenvalue weighted by Gasteiger charge is -1.99. The summed E-state index contributed by atoms with van der Waals surface area (Å²) in [7, 11) is 0. The molecular formula is C7H11N3O2. The summed E-state index contributed by atoms with van der Waals surface area (Å²) in [5.41, 5.74) is 0.907. The van der Waals surface area contributed by atoms with Gasteiger partial charge in [0, 0.05) is 6.42 Å². The van der Waals surface area contributed by atoms with Gasteiger partial charge in [-0.3, -0.25) is 0 Å². The molecule has 12 heavy (non-hydrogen) atoms. The van der Waals surface area contributed by atoms with Crippen molar-refractivity contribution in [1.29, 1.82) is 0 Å². The van der Waals surface area contributed by atoms with E-state index in [0.29, 0.717) is 6.54 Å². The summed E-state index contributed by atoms with van der Waals surface area (Å²) < 4.78 is 1.61. The summed E-state index contributed by atoms with van der Waals surface area (Å²) in [5.74, 6) is -0.0608. The van der Waals surface area contributed by atoms with Crippen molar-refractivity contribution >= 4 is 5.95 Å². The summed E-state index contributed by atoms with van der Waals surface area (Å²) in [6.07, 6.45) is 2.33. The highest BCUT2D eigenvalue weighted by molar-refractivity contribution is 5.14. The molecule has 0 bridgehead atoms. The van der Waals surface area contributed by atoms with E-state index < -0.39 is 4.92 Å². The Morgan fingerprint density at radius 1 is 1.67 bits per heavy atom. The maximum absolute atomic E-state index is 10.4. The lowest BCUT2D eigenvalue weighted by atomic mass is 10.3. The molecule has 1 rings (SSSR count). The first-order chi connectivity index (χ1) is 5.70. The molecule has 0 aliphatic rings. The minimum Gasteiger partial charge on any atom is -0.390 e. The maximum Gasteiger partial charge on any atom is 0.434 e. The Bertz CT molecular complexity index is 293. The zero-order valence-corrected chi connectivity index (χ0v) is 7.15. The average molecular weight is 169 g/mol. The lowest BCUT2D eigenvalue weighted by Crippen LogP contribution is -2.04. The van der Waals surface area contributed by atoms with Crippen LogP contribution in [0.5, 0.6) is 0 Å². The van der Waals surface area contributed by atoms with Crippen molar-refractivity contribution in [3.8, 4) is 0 Å². The van der Waals surface area contributed by atoms with Crippen LogP contribution in [0.3, 0.4) is 0 Å². The first kappa shape index (κ1) is 8.70. The van der Waals surface area contributed by atoms with Crippen LogP contribution in [0.4, 0.5) is 5.95 Å². The van der Waals surface area contributed by atoms with Crippen LogP contribution >= 0.6 is 0 Å². The fourth-order valence-corrected chi connectivity index (χ4v) is 1.17. The van der Waals surface area contributed by atoms with Crippen LogP contribution < -0.4 is 0 Å². The standard InChI is InChI=1S/C7H11N3O2/c1-3-6-5-8-7(10(11)12)9(6)4-2/h5H,3-4H2,1-2H3. The first-order valence-electron chi connectivity index (χ1n) is 3.89. The summed E-state index contributed by atoms with van der Waals surface area (Å²) in [5, 5.41) is 10.4. The molecular weight excluding hydrogens is 158 g/mol. The van der Waals surface area contributed by atoms with Crippen molar-refractivity contribution < 1.29 is 4.92 Å². The third-order valence-corrected chi connectivity index (χ3v) is 1.76. The van der Waals surface area contributed by atoms with Gasteiger partial charge in [0.2, 0.25) is 0 Å². The van der Waals surface area contributed by atoms with Gasteiger partial charge in [-0.15, -0.1) is 0 Å². The van der Waals surface area contributed by atoms with Gasteiger partial charge in [0.05, 0.1) is 6.54 Å². The number of nitro groups is 1. The van der Waals surface area contributed by atoms with Gasteiger partial charge < -0.3 is 10.1 Å². The van der Waals surface area contributed by atoms with Crippen molar-refractivity contribution in [2.75, 3.05) is 0 Å². The molecule has 0 saturated heterocycles. The maximum atomic E-state index is 10.4. The summed E-state index contributed by atoms with van der Waals surface area (Å²) in [6.45, 7) is 4.42. The highest BCUT2D eigenvalue weighted by Gasteiger charge is 2.17. The monoisotopic (exact) mass is 169 g/mol. The van der Waals surface area contributed by atoms with Gasteiger partial charge in [0.15, 0.2) is 0 Å². The lowest BCUT2D eigenvalue weighted by molar-refractivity contribution is -0.396. The van der Waals surface area contributed by atoms with Crippen molar-refractivity contribution in [3.05, 3.63) is 22.0 Å². The van der Waals surface area contributed by atoms with E-state index in [1.807, 2.05) is 13.8 Å². The van der Waals surface area contributed by atoms with Gasteiger partial charge >= 0.3 is 5.95 Å². The smallest absolute Gasteiger partial charge is 0.390 e. The van der Waals surface area contributed by atoms with Crippen molar-refractivity contribution in [1.82, 2.24) is 9.55 Å². The Balaban J connectivity index is 3.13. The van der Waals surface area contributed by atoms with E-state index in [1.165, 1.54) is 0 Å². The second-order valence-electron chi connectivity index (χ2n) is 2.40. The van der Waals surface area contributed by atoms with E-state index in [2.05, 4.69) is 4.98 Å². The summed E-state index contributed by atoms with van der Waals surface area (Å²) >= 11 is 0. The van der Waals surface area contributed by atoms with Crippen LogP contribution in [0.2, 0.25) is 0 Å². The molecule has 0 N–H and O–H groups in total. The molecule has 0 fully saturated rings. The fourth-order valence-electron chi connectivity index (χ4n) is 1.17. The van der Waals surface area contributed by atoms with Crippen LogP contribution in [0, 0.1) is 10.1 Å². The fraction of sp³-hybridized carbons (Fsp3) is 0.571. The molecule has 1 aromatic heterocycles.